The molecule has 0 aliphatic heterocycles. The van der Waals surface area contributed by atoms with Gasteiger partial charge in [-0.15, -0.1) is 4.41 Å². The van der Waals surface area contributed by atoms with Crippen LogP contribution < -0.4 is 5.43 Å². The number of rotatable bonds is 6. The van der Waals surface area contributed by atoms with Gasteiger partial charge in [-0.1, -0.05) is 18.2 Å². The molecule has 0 spiro atoms. The molecule has 1 aromatic rings. The molecule has 0 atom stereocenters. The Labute approximate surface area is 99.9 Å². The van der Waals surface area contributed by atoms with Gasteiger partial charge in [-0.25, -0.2) is 13.8 Å². The lowest BCUT2D eigenvalue weighted by Gasteiger charge is -2.17. The molecular weight excluding hydrogens is 244 g/mol. The quantitative estimate of drug-likeness (QED) is 0.716. The highest BCUT2D eigenvalue weighted by Gasteiger charge is 2.19. The zero-order valence-electron chi connectivity index (χ0n) is 9.33. The van der Waals surface area contributed by atoms with Crippen molar-refractivity contribution in [1.29, 1.82) is 0 Å². The van der Waals surface area contributed by atoms with Gasteiger partial charge in [0.2, 0.25) is 0 Å². The summed E-state index contributed by atoms with van der Waals surface area (Å²) in [6.45, 7) is 0.0535. The predicted octanol–water partition coefficient (Wildman–Crippen LogP) is 0.286. The zero-order chi connectivity index (χ0) is 12.9. The lowest BCUT2D eigenvalue weighted by Crippen LogP contribution is -2.40. The molecule has 0 fully saturated rings. The Bertz CT molecular complexity index is 472. The maximum absolute atomic E-state index is 11.9. The first kappa shape index (κ1) is 13.6. The monoisotopic (exact) mass is 258 g/mol. The van der Waals surface area contributed by atoms with Gasteiger partial charge in [0, 0.05) is 13.6 Å². The summed E-state index contributed by atoms with van der Waals surface area (Å²) >= 11 is 0. The fourth-order valence-corrected chi connectivity index (χ4v) is 2.23. The van der Waals surface area contributed by atoms with E-state index in [1.165, 1.54) is 19.2 Å². The Morgan fingerprint density at radius 2 is 1.94 bits per heavy atom. The Morgan fingerprint density at radius 1 is 1.35 bits per heavy atom. The maximum atomic E-state index is 11.9. The number of aliphatic carboxylic acids is 1. The largest absolute Gasteiger partial charge is 0.481 e. The van der Waals surface area contributed by atoms with Crippen LogP contribution in [0.5, 0.6) is 0 Å². The molecule has 0 amide bonds. The SMILES string of the molecule is CN(NCCC(=O)O)S(=O)(=O)c1ccccc1. The second-order valence-corrected chi connectivity index (χ2v) is 5.31. The van der Waals surface area contributed by atoms with Crippen molar-refractivity contribution in [1.82, 2.24) is 9.84 Å². The third-order valence-corrected chi connectivity index (χ3v) is 3.79. The number of carboxylic acid groups (broad SMARTS) is 1. The minimum absolute atomic E-state index is 0.0535. The summed E-state index contributed by atoms with van der Waals surface area (Å²) in [7, 11) is -2.27. The van der Waals surface area contributed by atoms with E-state index in [4.69, 9.17) is 5.11 Å². The average Bonchev–Trinajstić information content (AvgIpc) is 2.29. The van der Waals surface area contributed by atoms with Gasteiger partial charge in [-0.05, 0) is 12.1 Å². The van der Waals surface area contributed by atoms with Crippen LogP contribution in [0.15, 0.2) is 35.2 Å². The van der Waals surface area contributed by atoms with Crippen LogP contribution in [0.2, 0.25) is 0 Å². The lowest BCUT2D eigenvalue weighted by molar-refractivity contribution is -0.137. The van der Waals surface area contributed by atoms with E-state index in [0.717, 1.165) is 4.41 Å². The van der Waals surface area contributed by atoms with E-state index in [9.17, 15) is 13.2 Å². The first-order valence-electron chi connectivity index (χ1n) is 4.94. The highest BCUT2D eigenvalue weighted by atomic mass is 32.2. The molecule has 0 saturated heterocycles. The standard InChI is InChI=1S/C10H14N2O4S/c1-12(11-8-7-10(13)14)17(15,16)9-5-3-2-4-6-9/h2-6,11H,7-8H2,1H3,(H,13,14). The average molecular weight is 258 g/mol. The molecule has 94 valence electrons. The second-order valence-electron chi connectivity index (χ2n) is 3.34. The van der Waals surface area contributed by atoms with Crippen LogP contribution >= 0.6 is 0 Å². The minimum Gasteiger partial charge on any atom is -0.481 e. The number of carboxylic acids is 1. The van der Waals surface area contributed by atoms with Crippen molar-refractivity contribution in [2.75, 3.05) is 13.6 Å². The highest BCUT2D eigenvalue weighted by molar-refractivity contribution is 7.89. The van der Waals surface area contributed by atoms with E-state index >= 15 is 0 Å². The molecule has 0 aliphatic carbocycles. The van der Waals surface area contributed by atoms with Gasteiger partial charge in [0.15, 0.2) is 0 Å². The third-order valence-electron chi connectivity index (χ3n) is 2.07. The first-order valence-corrected chi connectivity index (χ1v) is 6.38. The number of hydrogen-bond acceptors (Lipinski definition) is 4. The molecule has 0 bridgehead atoms. The van der Waals surface area contributed by atoms with Gasteiger partial charge in [0.1, 0.15) is 0 Å². The summed E-state index contributed by atoms with van der Waals surface area (Å²) in [5.41, 5.74) is 2.52. The molecule has 2 N–H and O–H groups in total. The number of hydrazine groups is 1. The van der Waals surface area contributed by atoms with Crippen LogP contribution in [0.3, 0.4) is 0 Å². The summed E-state index contributed by atoms with van der Waals surface area (Å²) in [4.78, 5) is 10.5. The van der Waals surface area contributed by atoms with Gasteiger partial charge in [0.05, 0.1) is 11.3 Å². The molecule has 0 unspecified atom stereocenters. The number of nitrogens with one attached hydrogen (secondary N) is 1. The van der Waals surface area contributed by atoms with Crippen LogP contribution in [-0.2, 0) is 14.8 Å². The molecule has 1 rings (SSSR count). The normalized spacial score (nSPS) is 11.6. The molecular formula is C10H14N2O4S. The van der Waals surface area contributed by atoms with Crippen LogP contribution in [0.4, 0.5) is 0 Å². The molecule has 0 heterocycles. The summed E-state index contributed by atoms with van der Waals surface area (Å²) < 4.78 is 24.8. The number of sulfonamides is 1. The summed E-state index contributed by atoms with van der Waals surface area (Å²) in [6.07, 6.45) is -0.144. The molecule has 0 saturated carbocycles. The van der Waals surface area contributed by atoms with Crippen molar-refractivity contribution in [2.24, 2.45) is 0 Å². The molecule has 0 aliphatic rings. The summed E-state index contributed by atoms with van der Waals surface area (Å²) in [6, 6.07) is 7.92. The van der Waals surface area contributed by atoms with E-state index in [-0.39, 0.29) is 17.9 Å². The van der Waals surface area contributed by atoms with Crippen molar-refractivity contribution in [3.05, 3.63) is 30.3 Å². The Kier molecular flexibility index (Phi) is 4.62. The smallest absolute Gasteiger partial charge is 0.304 e. The summed E-state index contributed by atoms with van der Waals surface area (Å²) in [5, 5.41) is 8.44. The molecule has 0 radical (unpaired) electrons. The van der Waals surface area contributed by atoms with E-state index < -0.39 is 16.0 Å². The van der Waals surface area contributed by atoms with Crippen LogP contribution in [0.1, 0.15) is 6.42 Å². The molecule has 7 heteroatoms. The van der Waals surface area contributed by atoms with Crippen LogP contribution in [0, 0.1) is 0 Å². The van der Waals surface area contributed by atoms with Crippen molar-refractivity contribution in [2.45, 2.75) is 11.3 Å². The fourth-order valence-electron chi connectivity index (χ4n) is 1.16. The van der Waals surface area contributed by atoms with Gasteiger partial charge in [-0.2, -0.15) is 0 Å². The van der Waals surface area contributed by atoms with E-state index in [2.05, 4.69) is 5.43 Å². The Morgan fingerprint density at radius 3 is 2.47 bits per heavy atom. The fraction of sp³-hybridized carbons (Fsp3) is 0.300. The first-order chi connectivity index (χ1) is 7.94. The number of benzene rings is 1. The van der Waals surface area contributed by atoms with Gasteiger partial charge >= 0.3 is 5.97 Å². The van der Waals surface area contributed by atoms with E-state index in [0.29, 0.717) is 0 Å². The van der Waals surface area contributed by atoms with Crippen molar-refractivity contribution in [3.8, 4) is 0 Å². The minimum atomic E-state index is -3.61. The van der Waals surface area contributed by atoms with Gasteiger partial charge in [0.25, 0.3) is 10.0 Å². The maximum Gasteiger partial charge on any atom is 0.304 e. The predicted molar refractivity (Wildman–Crippen MR) is 61.6 cm³/mol. The van der Waals surface area contributed by atoms with E-state index in [1.807, 2.05) is 0 Å². The topological polar surface area (TPSA) is 86.7 Å². The van der Waals surface area contributed by atoms with Gasteiger partial charge < -0.3 is 5.11 Å². The number of carbonyl (C=O) groups is 1. The number of nitrogens with zero attached hydrogens (tertiary/aromatic N) is 1. The number of hydrogen-bond donors (Lipinski definition) is 2. The molecule has 6 nitrogen and oxygen atoms in total. The second kappa shape index (κ2) is 5.76. The van der Waals surface area contributed by atoms with Crippen molar-refractivity contribution < 1.29 is 18.3 Å². The van der Waals surface area contributed by atoms with Gasteiger partial charge in [-0.3, -0.25) is 4.79 Å². The molecule has 1 aromatic carbocycles. The summed E-state index contributed by atoms with van der Waals surface area (Å²) in [5.74, 6) is -0.983. The van der Waals surface area contributed by atoms with Crippen molar-refractivity contribution >= 4 is 16.0 Å². The Hall–Kier alpha value is -1.44. The highest BCUT2D eigenvalue weighted by Crippen LogP contribution is 2.11. The molecule has 0 aromatic heterocycles. The lowest BCUT2D eigenvalue weighted by atomic mass is 10.4. The van der Waals surface area contributed by atoms with Crippen molar-refractivity contribution in [3.63, 3.8) is 0 Å². The van der Waals surface area contributed by atoms with Crippen LogP contribution in [0.25, 0.3) is 0 Å². The Balaban J connectivity index is 2.68. The molecule has 17 heavy (non-hydrogen) atoms. The van der Waals surface area contributed by atoms with Crippen LogP contribution in [-0.4, -0.2) is 37.5 Å². The third kappa shape index (κ3) is 3.81. The van der Waals surface area contributed by atoms with E-state index in [1.54, 1.807) is 18.2 Å². The zero-order valence-corrected chi connectivity index (χ0v) is 10.1.